The molecule has 0 heterocycles. The van der Waals surface area contributed by atoms with Gasteiger partial charge in [-0.2, -0.15) is 0 Å². The lowest BCUT2D eigenvalue weighted by molar-refractivity contribution is -0.139. The molecule has 1 aliphatic rings. The van der Waals surface area contributed by atoms with E-state index in [1.54, 1.807) is 16.7 Å². The van der Waals surface area contributed by atoms with Crippen LogP contribution in [0.1, 0.15) is 62.1 Å². The maximum absolute atomic E-state index is 13.3. The molecule has 4 nitrogen and oxygen atoms in total. The van der Waals surface area contributed by atoms with Crippen molar-refractivity contribution in [3.8, 4) is 0 Å². The second-order valence-electron chi connectivity index (χ2n) is 8.69. The molecule has 0 radical (unpaired) electrons. The minimum absolute atomic E-state index is 0.00687. The van der Waals surface area contributed by atoms with Gasteiger partial charge in [-0.15, -0.1) is 11.8 Å². The van der Waals surface area contributed by atoms with Crippen molar-refractivity contribution in [2.75, 3.05) is 5.75 Å². The van der Waals surface area contributed by atoms with Gasteiger partial charge in [-0.25, -0.2) is 0 Å². The Morgan fingerprint density at radius 2 is 1.72 bits per heavy atom. The number of hydrogen-bond donors (Lipinski definition) is 1. The average molecular weight is 453 g/mol. The summed E-state index contributed by atoms with van der Waals surface area (Å²) < 4.78 is 0. The van der Waals surface area contributed by atoms with Crippen LogP contribution in [0.4, 0.5) is 0 Å². The molecule has 5 heteroatoms. The van der Waals surface area contributed by atoms with Gasteiger partial charge in [0, 0.05) is 18.3 Å². The number of nitrogens with one attached hydrogen (secondary N) is 1. The highest BCUT2D eigenvalue weighted by atomic mass is 32.2. The number of nitrogens with zero attached hydrogens (tertiary/aromatic N) is 1. The van der Waals surface area contributed by atoms with Crippen LogP contribution in [0.2, 0.25) is 0 Å². The Balaban J connectivity index is 1.68. The molecule has 2 amide bonds. The Morgan fingerprint density at radius 3 is 2.41 bits per heavy atom. The molecule has 0 spiro atoms. The zero-order valence-electron chi connectivity index (χ0n) is 19.4. The van der Waals surface area contributed by atoms with Crippen molar-refractivity contribution in [1.82, 2.24) is 10.2 Å². The summed E-state index contributed by atoms with van der Waals surface area (Å²) in [4.78, 5) is 28.3. The van der Waals surface area contributed by atoms with Gasteiger partial charge in [0.1, 0.15) is 6.04 Å². The lowest BCUT2D eigenvalue weighted by Crippen LogP contribution is -2.52. The lowest BCUT2D eigenvalue weighted by Gasteiger charge is -2.32. The van der Waals surface area contributed by atoms with Crippen LogP contribution in [0.25, 0.3) is 0 Å². The maximum Gasteiger partial charge on any atom is 0.243 e. The minimum atomic E-state index is -0.441. The van der Waals surface area contributed by atoms with E-state index in [0.29, 0.717) is 18.7 Å². The van der Waals surface area contributed by atoms with E-state index >= 15 is 0 Å². The summed E-state index contributed by atoms with van der Waals surface area (Å²) in [5, 5.41) is 3.24. The first-order valence-electron chi connectivity index (χ1n) is 11.8. The number of thioether (sulfide) groups is 1. The van der Waals surface area contributed by atoms with Crippen molar-refractivity contribution in [2.24, 2.45) is 0 Å². The van der Waals surface area contributed by atoms with Gasteiger partial charge in [0.2, 0.25) is 11.8 Å². The normalized spacial score (nSPS) is 15.2. The van der Waals surface area contributed by atoms with Gasteiger partial charge in [0.05, 0.1) is 5.75 Å². The molecule has 172 valence electrons. The summed E-state index contributed by atoms with van der Waals surface area (Å²) in [5.74, 6) is 1.18. The van der Waals surface area contributed by atoms with E-state index in [9.17, 15) is 9.59 Å². The van der Waals surface area contributed by atoms with Crippen LogP contribution in [0.3, 0.4) is 0 Å². The molecule has 1 saturated carbocycles. The summed E-state index contributed by atoms with van der Waals surface area (Å²) in [6.45, 7) is 4.56. The fraction of sp³-hybridized carbons (Fsp3) is 0.481. The number of amides is 2. The van der Waals surface area contributed by atoms with E-state index in [2.05, 4.69) is 24.4 Å². The highest BCUT2D eigenvalue weighted by molar-refractivity contribution is 7.99. The number of benzene rings is 2. The van der Waals surface area contributed by atoms with Gasteiger partial charge in [-0.1, -0.05) is 80.8 Å². The zero-order valence-corrected chi connectivity index (χ0v) is 20.2. The Kier molecular flexibility index (Phi) is 9.66. The van der Waals surface area contributed by atoms with E-state index in [1.165, 1.54) is 30.4 Å². The van der Waals surface area contributed by atoms with Crippen LogP contribution in [0, 0.1) is 6.92 Å². The summed E-state index contributed by atoms with van der Waals surface area (Å²) >= 11 is 1.62. The van der Waals surface area contributed by atoms with E-state index in [4.69, 9.17) is 0 Å². The third kappa shape index (κ3) is 7.13. The maximum atomic E-state index is 13.3. The van der Waals surface area contributed by atoms with Crippen LogP contribution in [0.5, 0.6) is 0 Å². The number of hydrogen-bond acceptors (Lipinski definition) is 3. The first-order chi connectivity index (χ1) is 15.6. The molecule has 1 fully saturated rings. The first kappa shape index (κ1) is 24.4. The van der Waals surface area contributed by atoms with Crippen LogP contribution >= 0.6 is 11.8 Å². The van der Waals surface area contributed by atoms with Gasteiger partial charge in [-0.3, -0.25) is 9.59 Å². The Bertz CT molecular complexity index is 865. The monoisotopic (exact) mass is 452 g/mol. The molecule has 0 aromatic heterocycles. The van der Waals surface area contributed by atoms with Gasteiger partial charge < -0.3 is 10.2 Å². The van der Waals surface area contributed by atoms with Crippen LogP contribution < -0.4 is 5.32 Å². The van der Waals surface area contributed by atoms with E-state index in [0.717, 1.165) is 24.2 Å². The molecule has 1 N–H and O–H groups in total. The third-order valence-corrected chi connectivity index (χ3v) is 7.24. The molecule has 2 aromatic carbocycles. The number of carbonyl (C=O) groups is 2. The summed E-state index contributed by atoms with van der Waals surface area (Å²) in [7, 11) is 0. The molecule has 0 aliphatic heterocycles. The van der Waals surface area contributed by atoms with Crippen molar-refractivity contribution in [3.63, 3.8) is 0 Å². The van der Waals surface area contributed by atoms with E-state index in [1.807, 2.05) is 49.4 Å². The quantitative estimate of drug-likeness (QED) is 0.519. The SMILES string of the molecule is CC[C@H](C(=O)NC1CCCCC1)N(Cc1ccccc1)C(=O)CSCc1ccccc1C. The predicted molar refractivity (Wildman–Crippen MR) is 133 cm³/mol. The average Bonchev–Trinajstić information content (AvgIpc) is 2.81. The molecule has 0 bridgehead atoms. The molecule has 32 heavy (non-hydrogen) atoms. The second kappa shape index (κ2) is 12.7. The van der Waals surface area contributed by atoms with Crippen LogP contribution in [-0.2, 0) is 21.9 Å². The molecule has 3 rings (SSSR count). The van der Waals surface area contributed by atoms with Crippen molar-refractivity contribution < 1.29 is 9.59 Å². The zero-order chi connectivity index (χ0) is 22.8. The number of carbonyl (C=O) groups excluding carboxylic acids is 2. The Morgan fingerprint density at radius 1 is 1.03 bits per heavy atom. The lowest BCUT2D eigenvalue weighted by atomic mass is 9.95. The molecular formula is C27H36N2O2S. The van der Waals surface area contributed by atoms with Crippen molar-refractivity contribution in [2.45, 2.75) is 76.8 Å². The Hall–Kier alpha value is -2.27. The second-order valence-corrected chi connectivity index (χ2v) is 9.68. The standard InChI is InChI=1S/C27H36N2O2S/c1-3-25(27(31)28-24-16-8-5-9-17-24)29(18-22-13-6-4-7-14-22)26(30)20-32-19-23-15-11-10-12-21(23)2/h4,6-7,10-15,24-25H,3,5,8-9,16-20H2,1-2H3,(H,28,31)/t25-/m1/s1. The number of rotatable bonds is 10. The molecule has 1 atom stereocenters. The predicted octanol–water partition coefficient (Wildman–Crippen LogP) is 5.48. The molecular weight excluding hydrogens is 416 g/mol. The smallest absolute Gasteiger partial charge is 0.243 e. The van der Waals surface area contributed by atoms with Crippen molar-refractivity contribution >= 4 is 23.6 Å². The molecule has 0 unspecified atom stereocenters. The largest absolute Gasteiger partial charge is 0.352 e. The van der Waals surface area contributed by atoms with Crippen molar-refractivity contribution in [3.05, 3.63) is 71.3 Å². The first-order valence-corrected chi connectivity index (χ1v) is 13.0. The molecule has 1 aliphatic carbocycles. The highest BCUT2D eigenvalue weighted by Crippen LogP contribution is 2.21. The Labute approximate surface area is 197 Å². The molecule has 2 aromatic rings. The highest BCUT2D eigenvalue weighted by Gasteiger charge is 2.30. The van der Waals surface area contributed by atoms with E-state index in [-0.39, 0.29) is 17.9 Å². The molecule has 0 saturated heterocycles. The fourth-order valence-corrected chi connectivity index (χ4v) is 5.33. The fourth-order valence-electron chi connectivity index (χ4n) is 4.35. The summed E-state index contributed by atoms with van der Waals surface area (Å²) in [6.07, 6.45) is 6.29. The topological polar surface area (TPSA) is 49.4 Å². The van der Waals surface area contributed by atoms with Gasteiger partial charge >= 0.3 is 0 Å². The van der Waals surface area contributed by atoms with Gasteiger partial charge in [-0.05, 0) is 42.9 Å². The van der Waals surface area contributed by atoms with Crippen molar-refractivity contribution in [1.29, 1.82) is 0 Å². The van der Waals surface area contributed by atoms with E-state index < -0.39 is 6.04 Å². The van der Waals surface area contributed by atoms with Gasteiger partial charge in [0.25, 0.3) is 0 Å². The minimum Gasteiger partial charge on any atom is -0.352 e. The summed E-state index contributed by atoms with van der Waals surface area (Å²) in [6, 6.07) is 18.1. The van der Waals surface area contributed by atoms with Crippen LogP contribution in [-0.4, -0.2) is 34.6 Å². The third-order valence-electron chi connectivity index (χ3n) is 6.28. The number of aryl methyl sites for hydroxylation is 1. The van der Waals surface area contributed by atoms with Crippen LogP contribution in [0.15, 0.2) is 54.6 Å². The van der Waals surface area contributed by atoms with Gasteiger partial charge in [0.15, 0.2) is 0 Å². The summed E-state index contributed by atoms with van der Waals surface area (Å²) in [5.41, 5.74) is 3.54.